The molecule has 0 aliphatic rings. The van der Waals surface area contributed by atoms with E-state index in [-0.39, 0.29) is 12.4 Å². The predicted molar refractivity (Wildman–Crippen MR) is 41.0 cm³/mol. The van der Waals surface area contributed by atoms with Crippen LogP contribution in [0.2, 0.25) is 11.1 Å². The van der Waals surface area contributed by atoms with E-state index in [1.165, 1.54) is 0 Å². The Kier molecular flexibility index (Phi) is 3.35. The van der Waals surface area contributed by atoms with Gasteiger partial charge in [-0.25, -0.2) is 0 Å². The molecule has 1 heteroatoms. The number of hydrogen-bond donors (Lipinski definition) is 0. The van der Waals surface area contributed by atoms with Crippen molar-refractivity contribution in [1.82, 2.24) is 0 Å². The van der Waals surface area contributed by atoms with Gasteiger partial charge in [-0.1, -0.05) is 38.8 Å². The van der Waals surface area contributed by atoms with Crippen molar-refractivity contribution < 1.29 is 2.85 Å². The largest absolute Gasteiger partial charge is 1.00 e. The van der Waals surface area contributed by atoms with E-state index in [2.05, 4.69) is 27.7 Å². The molecule has 0 amide bonds. The van der Waals surface area contributed by atoms with Crippen LogP contribution in [0.3, 0.4) is 0 Å². The van der Waals surface area contributed by atoms with Crippen LogP contribution < -0.4 is 0 Å². The van der Waals surface area contributed by atoms with Crippen molar-refractivity contribution in [2.24, 2.45) is 0 Å². The van der Waals surface area contributed by atoms with Gasteiger partial charge in [0.2, 0.25) is 0 Å². The van der Waals surface area contributed by atoms with E-state index in [9.17, 15) is 0 Å². The van der Waals surface area contributed by atoms with E-state index in [1.54, 1.807) is 0 Å². The van der Waals surface area contributed by atoms with Crippen molar-refractivity contribution in [3.8, 4) is 0 Å². The summed E-state index contributed by atoms with van der Waals surface area (Å²) in [4.78, 5) is 0. The summed E-state index contributed by atoms with van der Waals surface area (Å²) in [5, 5.41) is 0. The molecule has 0 radical (unpaired) electrons. The molecule has 0 saturated heterocycles. The Morgan fingerprint density at radius 2 is 1.29 bits per heavy atom. The molecule has 0 bridgehead atoms. The van der Waals surface area contributed by atoms with Crippen LogP contribution >= 0.6 is 0 Å². The van der Waals surface area contributed by atoms with Gasteiger partial charge in [0.05, 0.1) is 0 Å². The first-order valence-corrected chi connectivity index (χ1v) is 4.76. The van der Waals surface area contributed by atoms with Crippen LogP contribution in [0, 0.1) is 0 Å². The summed E-state index contributed by atoms with van der Waals surface area (Å²) in [5.41, 5.74) is 2.03. The Hall–Kier alpha value is 0.217. The predicted octanol–water partition coefficient (Wildman–Crippen LogP) is 2.04. The molecule has 0 unspecified atom stereocenters. The van der Waals surface area contributed by atoms with Crippen LogP contribution in [0.1, 0.15) is 30.5 Å². The first-order chi connectivity index (χ1) is 3.13. The summed E-state index contributed by atoms with van der Waals surface area (Å²) in [6.45, 7) is 9.30. The molecular formula is C6H18Si+2. The molecule has 0 rings (SSSR count). The van der Waals surface area contributed by atoms with Gasteiger partial charge in [0.15, 0.2) is 0 Å². The van der Waals surface area contributed by atoms with Crippen molar-refractivity contribution in [2.45, 2.75) is 38.8 Å². The molecule has 0 aliphatic heterocycles. The summed E-state index contributed by atoms with van der Waals surface area (Å²) in [7, 11) is 0.281. The van der Waals surface area contributed by atoms with Gasteiger partial charge in [-0.3, -0.25) is 0 Å². The van der Waals surface area contributed by atoms with Gasteiger partial charge in [0.1, 0.15) is 0 Å². The fraction of sp³-hybridized carbons (Fsp3) is 1.00. The highest BCUT2D eigenvalue weighted by Gasteiger charge is 1.97. The molecule has 44 valence electrons. The SMILES string of the molecule is CC(C)[SiH2]C(C)C.[H+].[H+]. The van der Waals surface area contributed by atoms with Crippen LogP contribution in [0.15, 0.2) is 0 Å². The van der Waals surface area contributed by atoms with Crippen LogP contribution in [-0.4, -0.2) is 9.52 Å². The highest BCUT2D eigenvalue weighted by Crippen LogP contribution is 2.07. The second kappa shape index (κ2) is 3.25. The first kappa shape index (κ1) is 7.22. The Morgan fingerprint density at radius 3 is 1.29 bits per heavy atom. The average Bonchev–Trinajstić information content (AvgIpc) is 1.27. The zero-order chi connectivity index (χ0) is 5.86. The minimum Gasteiger partial charge on any atom is -0.0657 e. The Labute approximate surface area is 52.1 Å². The average molecular weight is 118 g/mol. The minimum absolute atomic E-state index is 0. The van der Waals surface area contributed by atoms with Crippen molar-refractivity contribution in [3.63, 3.8) is 0 Å². The molecule has 0 heterocycles. The van der Waals surface area contributed by atoms with Gasteiger partial charge in [-0.2, -0.15) is 0 Å². The zero-order valence-corrected chi connectivity index (χ0v) is 7.28. The van der Waals surface area contributed by atoms with E-state index < -0.39 is 0 Å². The molecule has 7 heavy (non-hydrogen) atoms. The van der Waals surface area contributed by atoms with Crippen LogP contribution in [0.25, 0.3) is 0 Å². The summed E-state index contributed by atoms with van der Waals surface area (Å²) in [5.74, 6) is 0. The third kappa shape index (κ3) is 6.22. The standard InChI is InChI=1S/C6H16Si/c1-5(2)7-6(3)4/h5-6H,7H2,1-4H3/p+2. The van der Waals surface area contributed by atoms with E-state index in [4.69, 9.17) is 0 Å². The summed E-state index contributed by atoms with van der Waals surface area (Å²) >= 11 is 0. The quantitative estimate of drug-likeness (QED) is 0.487. The van der Waals surface area contributed by atoms with Crippen molar-refractivity contribution >= 4 is 9.52 Å². The van der Waals surface area contributed by atoms with E-state index in [1.807, 2.05) is 0 Å². The molecule has 0 saturated carbocycles. The van der Waals surface area contributed by atoms with Crippen LogP contribution in [0.5, 0.6) is 0 Å². The van der Waals surface area contributed by atoms with Crippen molar-refractivity contribution in [2.75, 3.05) is 0 Å². The number of rotatable bonds is 2. The molecule has 0 nitrogen and oxygen atoms in total. The van der Waals surface area contributed by atoms with Gasteiger partial charge < -0.3 is 0 Å². The third-order valence-electron chi connectivity index (χ3n) is 0.943. The normalized spacial score (nSPS) is 11.1. The third-order valence-corrected chi connectivity index (χ3v) is 2.83. The van der Waals surface area contributed by atoms with Gasteiger partial charge in [-0.15, -0.1) is 0 Å². The Bertz CT molecular complexity index is 40.3. The van der Waals surface area contributed by atoms with Gasteiger partial charge in [0, 0.05) is 9.52 Å². The smallest absolute Gasteiger partial charge is 0.0657 e. The molecule has 0 N–H and O–H groups in total. The fourth-order valence-electron chi connectivity index (χ4n) is 0.943. The molecule has 0 fully saturated rings. The van der Waals surface area contributed by atoms with Crippen LogP contribution in [-0.2, 0) is 0 Å². The summed E-state index contributed by atoms with van der Waals surface area (Å²) < 4.78 is 0. The van der Waals surface area contributed by atoms with E-state index >= 15 is 0 Å². The molecule has 0 aromatic carbocycles. The highest BCUT2D eigenvalue weighted by molar-refractivity contribution is 6.38. The Balaban J connectivity index is -0.000000180. The lowest BCUT2D eigenvalue weighted by atomic mass is 10.5. The molecule has 0 aromatic rings. The molecular weight excluding hydrogens is 100 g/mol. The van der Waals surface area contributed by atoms with Crippen molar-refractivity contribution in [3.05, 3.63) is 0 Å². The van der Waals surface area contributed by atoms with Gasteiger partial charge in [-0.05, 0) is 0 Å². The second-order valence-electron chi connectivity index (χ2n) is 3.02. The topological polar surface area (TPSA) is 0 Å². The molecule has 0 aliphatic carbocycles. The zero-order valence-electron chi connectivity index (χ0n) is 7.86. The first-order valence-electron chi connectivity index (χ1n) is 3.13. The molecule has 0 aromatic heterocycles. The second-order valence-corrected chi connectivity index (χ2v) is 6.76. The van der Waals surface area contributed by atoms with E-state index in [0.29, 0.717) is 0 Å². The maximum absolute atomic E-state index is 2.33. The monoisotopic (exact) mass is 118 g/mol. The summed E-state index contributed by atoms with van der Waals surface area (Å²) in [6.07, 6.45) is 0. The maximum Gasteiger partial charge on any atom is 1.00 e. The highest BCUT2D eigenvalue weighted by atomic mass is 28.2. The minimum atomic E-state index is 0. The lowest BCUT2D eigenvalue weighted by Crippen LogP contribution is -1.98. The maximum atomic E-state index is 2.33. The van der Waals surface area contributed by atoms with Crippen molar-refractivity contribution in [1.29, 1.82) is 0 Å². The summed E-state index contributed by atoms with van der Waals surface area (Å²) in [6, 6.07) is 0. The van der Waals surface area contributed by atoms with Gasteiger partial charge >= 0.3 is 2.85 Å². The lowest BCUT2D eigenvalue weighted by Gasteiger charge is -2.04. The molecule has 0 atom stereocenters. The van der Waals surface area contributed by atoms with Crippen LogP contribution in [0.4, 0.5) is 0 Å². The molecule has 0 spiro atoms. The lowest BCUT2D eigenvalue weighted by molar-refractivity contribution is 0.971. The fourth-order valence-corrected chi connectivity index (χ4v) is 2.83. The van der Waals surface area contributed by atoms with E-state index in [0.717, 1.165) is 11.1 Å². The Morgan fingerprint density at radius 1 is 1.00 bits per heavy atom. The number of hydrogen-bond acceptors (Lipinski definition) is 0. The van der Waals surface area contributed by atoms with Gasteiger partial charge in [0.25, 0.3) is 0 Å².